The normalized spacial score (nSPS) is 12.6. The van der Waals surface area contributed by atoms with E-state index in [1.165, 1.54) is 12.1 Å². The maximum Gasteiger partial charge on any atom is 0.433 e. The van der Waals surface area contributed by atoms with E-state index in [0.29, 0.717) is 6.61 Å². The number of nitrogens with zero attached hydrogens (tertiary/aromatic N) is 1. The molecule has 0 amide bonds. The molecule has 16 heavy (non-hydrogen) atoms. The lowest BCUT2D eigenvalue weighted by atomic mass is 9.99. The Morgan fingerprint density at radius 2 is 1.81 bits per heavy atom. The van der Waals surface area contributed by atoms with Crippen molar-refractivity contribution in [2.45, 2.75) is 26.9 Å². The summed E-state index contributed by atoms with van der Waals surface area (Å²) in [7, 11) is 0. The van der Waals surface area contributed by atoms with Crippen LogP contribution >= 0.6 is 0 Å². The van der Waals surface area contributed by atoms with E-state index >= 15 is 0 Å². The van der Waals surface area contributed by atoms with Crippen LogP contribution in [-0.2, 0) is 6.18 Å². The number of pyridine rings is 1. The molecule has 0 aromatic carbocycles. The summed E-state index contributed by atoms with van der Waals surface area (Å²) in [5.41, 5.74) is -1.05. The van der Waals surface area contributed by atoms with Gasteiger partial charge < -0.3 is 4.74 Å². The average Bonchev–Trinajstić information content (AvgIpc) is 2.13. The van der Waals surface area contributed by atoms with Gasteiger partial charge in [0.15, 0.2) is 0 Å². The van der Waals surface area contributed by atoms with Crippen LogP contribution < -0.4 is 4.74 Å². The first-order valence-electron chi connectivity index (χ1n) is 4.85. The lowest BCUT2D eigenvalue weighted by Crippen LogP contribution is -2.18. The highest BCUT2D eigenvalue weighted by Crippen LogP contribution is 2.28. The van der Waals surface area contributed by atoms with E-state index in [4.69, 9.17) is 4.74 Å². The fraction of sp³-hybridized carbons (Fsp3) is 0.545. The summed E-state index contributed by atoms with van der Waals surface area (Å²) in [4.78, 5) is 3.40. The molecule has 0 N–H and O–H groups in total. The molecule has 0 fully saturated rings. The molecule has 0 unspecified atom stereocenters. The molecule has 2 nitrogen and oxygen atoms in total. The number of hydrogen-bond acceptors (Lipinski definition) is 2. The molecule has 1 aromatic rings. The summed E-state index contributed by atoms with van der Waals surface area (Å²) in [5.74, 6) is 0.00440. The number of rotatable bonds is 2. The van der Waals surface area contributed by atoms with Crippen molar-refractivity contribution in [1.29, 1.82) is 0 Å². The van der Waals surface area contributed by atoms with Crippen LogP contribution in [0.5, 0.6) is 5.88 Å². The average molecular weight is 233 g/mol. The molecule has 0 aliphatic carbocycles. The van der Waals surface area contributed by atoms with Crippen LogP contribution in [-0.4, -0.2) is 11.6 Å². The highest BCUT2D eigenvalue weighted by atomic mass is 19.4. The molecular formula is C11H14F3NO. The second kappa shape index (κ2) is 4.31. The fourth-order valence-electron chi connectivity index (χ4n) is 0.944. The lowest BCUT2D eigenvalue weighted by Gasteiger charge is -2.18. The first-order valence-corrected chi connectivity index (χ1v) is 4.85. The molecule has 5 heteroatoms. The second-order valence-corrected chi connectivity index (χ2v) is 4.71. The molecule has 0 bridgehead atoms. The zero-order valence-electron chi connectivity index (χ0n) is 9.43. The molecule has 0 aliphatic heterocycles. The van der Waals surface area contributed by atoms with Crippen molar-refractivity contribution in [2.75, 3.05) is 6.61 Å². The van der Waals surface area contributed by atoms with Gasteiger partial charge in [-0.05, 0) is 11.5 Å². The Labute approximate surface area is 92.5 Å². The number of ether oxygens (including phenoxy) is 1. The highest BCUT2D eigenvalue weighted by Gasteiger charge is 2.32. The monoisotopic (exact) mass is 233 g/mol. The predicted molar refractivity (Wildman–Crippen MR) is 54.2 cm³/mol. The van der Waals surface area contributed by atoms with Crippen LogP contribution in [0.25, 0.3) is 0 Å². The molecule has 90 valence electrons. The van der Waals surface area contributed by atoms with E-state index in [1.54, 1.807) is 0 Å². The molecule has 1 rings (SSSR count). The zero-order chi connectivity index (χ0) is 12.4. The van der Waals surface area contributed by atoms with Crippen LogP contribution in [0.3, 0.4) is 0 Å². The predicted octanol–water partition coefficient (Wildman–Crippen LogP) is 3.53. The molecule has 0 atom stereocenters. The van der Waals surface area contributed by atoms with Gasteiger partial charge in [-0.2, -0.15) is 13.2 Å². The van der Waals surface area contributed by atoms with Crippen LogP contribution in [0, 0.1) is 5.41 Å². The lowest BCUT2D eigenvalue weighted by molar-refractivity contribution is -0.141. The molecule has 0 saturated heterocycles. The summed E-state index contributed by atoms with van der Waals surface area (Å²) < 4.78 is 42.2. The molecular weight excluding hydrogens is 219 g/mol. The SMILES string of the molecule is CC(C)(C)COc1cccc(C(F)(F)F)n1. The van der Waals surface area contributed by atoms with E-state index in [-0.39, 0.29) is 11.3 Å². The van der Waals surface area contributed by atoms with Crippen molar-refractivity contribution in [3.8, 4) is 5.88 Å². The summed E-state index contributed by atoms with van der Waals surface area (Å²) in [6.07, 6.45) is -4.43. The van der Waals surface area contributed by atoms with E-state index in [1.807, 2.05) is 20.8 Å². The number of aromatic nitrogens is 1. The Kier molecular flexibility index (Phi) is 3.45. The maximum atomic E-state index is 12.3. The highest BCUT2D eigenvalue weighted by molar-refractivity contribution is 5.17. The Morgan fingerprint density at radius 1 is 1.19 bits per heavy atom. The van der Waals surface area contributed by atoms with Crippen molar-refractivity contribution < 1.29 is 17.9 Å². The maximum absolute atomic E-state index is 12.3. The van der Waals surface area contributed by atoms with Crippen molar-refractivity contribution in [1.82, 2.24) is 4.98 Å². The summed E-state index contributed by atoms with van der Waals surface area (Å²) in [6, 6.07) is 3.62. The number of alkyl halides is 3. The van der Waals surface area contributed by atoms with Gasteiger partial charge >= 0.3 is 6.18 Å². The van der Waals surface area contributed by atoms with Gasteiger partial charge in [-0.1, -0.05) is 26.8 Å². The Morgan fingerprint density at radius 3 is 2.31 bits per heavy atom. The minimum absolute atomic E-state index is 0.00440. The minimum atomic E-state index is -4.43. The summed E-state index contributed by atoms with van der Waals surface area (Å²) >= 11 is 0. The largest absolute Gasteiger partial charge is 0.477 e. The summed E-state index contributed by atoms with van der Waals surface area (Å²) in [6.45, 7) is 6.11. The van der Waals surface area contributed by atoms with Crippen LogP contribution in [0.4, 0.5) is 13.2 Å². The van der Waals surface area contributed by atoms with Gasteiger partial charge in [0, 0.05) is 6.07 Å². The molecule has 0 radical (unpaired) electrons. The Balaban J connectivity index is 2.76. The van der Waals surface area contributed by atoms with Gasteiger partial charge in [0.05, 0.1) is 6.61 Å². The van der Waals surface area contributed by atoms with Crippen LogP contribution in [0.2, 0.25) is 0 Å². The van der Waals surface area contributed by atoms with E-state index in [9.17, 15) is 13.2 Å². The topological polar surface area (TPSA) is 22.1 Å². The van der Waals surface area contributed by atoms with Crippen molar-refractivity contribution >= 4 is 0 Å². The quantitative estimate of drug-likeness (QED) is 0.779. The third-order valence-corrected chi connectivity index (χ3v) is 1.67. The van der Waals surface area contributed by atoms with Gasteiger partial charge in [-0.15, -0.1) is 0 Å². The first-order chi connectivity index (χ1) is 7.18. The number of hydrogen-bond donors (Lipinski definition) is 0. The standard InChI is InChI=1S/C11H14F3NO/c1-10(2,3)7-16-9-6-4-5-8(15-9)11(12,13)14/h4-6H,7H2,1-3H3. The molecule has 1 heterocycles. The van der Waals surface area contributed by atoms with E-state index in [2.05, 4.69) is 4.98 Å². The van der Waals surface area contributed by atoms with Crippen LogP contribution in [0.1, 0.15) is 26.5 Å². The van der Waals surface area contributed by atoms with Gasteiger partial charge in [-0.25, -0.2) is 4.98 Å². The molecule has 0 aliphatic rings. The van der Waals surface area contributed by atoms with Crippen molar-refractivity contribution in [3.63, 3.8) is 0 Å². The van der Waals surface area contributed by atoms with Crippen LogP contribution in [0.15, 0.2) is 18.2 Å². The molecule has 0 spiro atoms. The Bertz CT molecular complexity index is 355. The third kappa shape index (κ3) is 4.08. The number of halogens is 3. The zero-order valence-corrected chi connectivity index (χ0v) is 9.43. The molecule has 1 aromatic heterocycles. The van der Waals surface area contributed by atoms with Gasteiger partial charge in [0.2, 0.25) is 5.88 Å². The third-order valence-electron chi connectivity index (χ3n) is 1.67. The van der Waals surface area contributed by atoms with E-state index < -0.39 is 11.9 Å². The van der Waals surface area contributed by atoms with Gasteiger partial charge in [0.25, 0.3) is 0 Å². The van der Waals surface area contributed by atoms with E-state index in [0.717, 1.165) is 6.07 Å². The smallest absolute Gasteiger partial charge is 0.433 e. The fourth-order valence-corrected chi connectivity index (χ4v) is 0.944. The molecule has 0 saturated carbocycles. The second-order valence-electron chi connectivity index (χ2n) is 4.71. The Hall–Kier alpha value is -1.26. The summed E-state index contributed by atoms with van der Waals surface area (Å²) in [5, 5.41) is 0. The first kappa shape index (κ1) is 12.8. The minimum Gasteiger partial charge on any atom is -0.477 e. The van der Waals surface area contributed by atoms with Gasteiger partial charge in [-0.3, -0.25) is 0 Å². The van der Waals surface area contributed by atoms with Crippen molar-refractivity contribution in [2.24, 2.45) is 5.41 Å². The van der Waals surface area contributed by atoms with Gasteiger partial charge in [0.1, 0.15) is 5.69 Å². The van der Waals surface area contributed by atoms with Crippen molar-refractivity contribution in [3.05, 3.63) is 23.9 Å².